The lowest BCUT2D eigenvalue weighted by atomic mass is 10.1. The molecule has 0 bridgehead atoms. The van der Waals surface area contributed by atoms with Gasteiger partial charge in [0, 0.05) is 12.6 Å². The first-order valence-electron chi connectivity index (χ1n) is 7.22. The Balaban J connectivity index is 2.12. The number of ether oxygens (including phenoxy) is 1. The SMILES string of the molecule is Cc1ccc(Oc2ccc(CNC(C)C)c(C)c2)c(Cl)c1. The first kappa shape index (κ1) is 15.9. The molecule has 0 fully saturated rings. The summed E-state index contributed by atoms with van der Waals surface area (Å²) in [5.74, 6) is 1.50. The Morgan fingerprint density at radius 1 is 1.10 bits per heavy atom. The topological polar surface area (TPSA) is 21.3 Å². The molecule has 3 heteroatoms. The zero-order valence-electron chi connectivity index (χ0n) is 13.0. The number of nitrogens with one attached hydrogen (secondary N) is 1. The quantitative estimate of drug-likeness (QED) is 0.815. The van der Waals surface area contributed by atoms with Gasteiger partial charge in [0.15, 0.2) is 0 Å². The zero-order chi connectivity index (χ0) is 15.4. The van der Waals surface area contributed by atoms with Gasteiger partial charge in [-0.25, -0.2) is 0 Å². The maximum atomic E-state index is 6.20. The molecule has 0 aromatic heterocycles. The van der Waals surface area contributed by atoms with Crippen LogP contribution in [0.5, 0.6) is 11.5 Å². The van der Waals surface area contributed by atoms with Crippen molar-refractivity contribution in [2.24, 2.45) is 0 Å². The zero-order valence-corrected chi connectivity index (χ0v) is 13.8. The second-order valence-electron chi connectivity index (χ2n) is 5.66. The molecule has 0 spiro atoms. The molecule has 0 unspecified atom stereocenters. The molecule has 0 aliphatic carbocycles. The van der Waals surface area contributed by atoms with Crippen LogP contribution in [0.4, 0.5) is 0 Å². The van der Waals surface area contributed by atoms with Crippen LogP contribution in [0.3, 0.4) is 0 Å². The second kappa shape index (κ2) is 6.97. The molecule has 2 aromatic carbocycles. The van der Waals surface area contributed by atoms with Crippen molar-refractivity contribution in [1.82, 2.24) is 5.32 Å². The van der Waals surface area contributed by atoms with Gasteiger partial charge in [-0.2, -0.15) is 0 Å². The lowest BCUT2D eigenvalue weighted by Gasteiger charge is -2.13. The van der Waals surface area contributed by atoms with E-state index in [0.717, 1.165) is 17.9 Å². The summed E-state index contributed by atoms with van der Waals surface area (Å²) < 4.78 is 5.87. The first-order valence-corrected chi connectivity index (χ1v) is 7.60. The van der Waals surface area contributed by atoms with Crippen molar-refractivity contribution in [3.63, 3.8) is 0 Å². The molecule has 0 amide bonds. The summed E-state index contributed by atoms with van der Waals surface area (Å²) in [6, 6.07) is 12.4. The molecule has 21 heavy (non-hydrogen) atoms. The maximum absolute atomic E-state index is 6.20. The van der Waals surface area contributed by atoms with Crippen LogP contribution < -0.4 is 10.1 Å². The van der Waals surface area contributed by atoms with Gasteiger partial charge in [-0.1, -0.05) is 37.6 Å². The molecular weight excluding hydrogens is 282 g/mol. The number of rotatable bonds is 5. The highest BCUT2D eigenvalue weighted by molar-refractivity contribution is 6.32. The van der Waals surface area contributed by atoms with Crippen LogP contribution in [-0.2, 0) is 6.54 Å². The molecule has 0 heterocycles. The van der Waals surface area contributed by atoms with Gasteiger partial charge >= 0.3 is 0 Å². The molecule has 0 aliphatic rings. The van der Waals surface area contributed by atoms with E-state index in [1.54, 1.807) is 0 Å². The normalized spacial score (nSPS) is 11.0. The summed E-state index contributed by atoms with van der Waals surface area (Å²) in [5.41, 5.74) is 3.62. The van der Waals surface area contributed by atoms with Gasteiger partial charge in [0.05, 0.1) is 5.02 Å². The van der Waals surface area contributed by atoms with E-state index >= 15 is 0 Å². The maximum Gasteiger partial charge on any atom is 0.146 e. The summed E-state index contributed by atoms with van der Waals surface area (Å²) in [4.78, 5) is 0. The number of hydrogen-bond donors (Lipinski definition) is 1. The smallest absolute Gasteiger partial charge is 0.146 e. The van der Waals surface area contributed by atoms with E-state index < -0.39 is 0 Å². The molecule has 0 radical (unpaired) electrons. The Bertz CT molecular complexity index is 623. The van der Waals surface area contributed by atoms with Crippen molar-refractivity contribution in [3.8, 4) is 11.5 Å². The Hall–Kier alpha value is -1.51. The third-order valence-corrected chi connectivity index (χ3v) is 3.63. The van der Waals surface area contributed by atoms with Crippen LogP contribution in [0.2, 0.25) is 5.02 Å². The number of aryl methyl sites for hydroxylation is 2. The van der Waals surface area contributed by atoms with Crippen LogP contribution in [0.1, 0.15) is 30.5 Å². The highest BCUT2D eigenvalue weighted by atomic mass is 35.5. The molecule has 112 valence electrons. The lowest BCUT2D eigenvalue weighted by molar-refractivity contribution is 0.482. The highest BCUT2D eigenvalue weighted by Crippen LogP contribution is 2.30. The van der Waals surface area contributed by atoms with Crippen molar-refractivity contribution in [2.75, 3.05) is 0 Å². The van der Waals surface area contributed by atoms with Crippen molar-refractivity contribution < 1.29 is 4.74 Å². The molecule has 1 N–H and O–H groups in total. The van der Waals surface area contributed by atoms with Gasteiger partial charge in [-0.3, -0.25) is 0 Å². The molecule has 0 saturated carbocycles. The summed E-state index contributed by atoms with van der Waals surface area (Å²) >= 11 is 6.20. The summed E-state index contributed by atoms with van der Waals surface area (Å²) in [7, 11) is 0. The van der Waals surface area contributed by atoms with Gasteiger partial charge in [-0.05, 0) is 54.8 Å². The van der Waals surface area contributed by atoms with Gasteiger partial charge in [0.2, 0.25) is 0 Å². The minimum absolute atomic E-state index is 0.478. The van der Waals surface area contributed by atoms with Crippen molar-refractivity contribution in [1.29, 1.82) is 0 Å². The number of hydrogen-bond acceptors (Lipinski definition) is 2. The van der Waals surface area contributed by atoms with E-state index in [1.807, 2.05) is 37.3 Å². The Morgan fingerprint density at radius 2 is 1.86 bits per heavy atom. The fourth-order valence-electron chi connectivity index (χ4n) is 2.06. The van der Waals surface area contributed by atoms with E-state index in [0.29, 0.717) is 16.8 Å². The van der Waals surface area contributed by atoms with Gasteiger partial charge in [0.1, 0.15) is 11.5 Å². The average molecular weight is 304 g/mol. The highest BCUT2D eigenvalue weighted by Gasteiger charge is 2.06. The van der Waals surface area contributed by atoms with Crippen LogP contribution in [0.15, 0.2) is 36.4 Å². The van der Waals surface area contributed by atoms with E-state index in [4.69, 9.17) is 16.3 Å². The molecule has 2 aromatic rings. The van der Waals surface area contributed by atoms with E-state index in [1.165, 1.54) is 11.1 Å². The Labute approximate surface area is 132 Å². The molecule has 2 rings (SSSR count). The summed E-state index contributed by atoms with van der Waals surface area (Å²) in [6.07, 6.45) is 0. The number of halogens is 1. The minimum Gasteiger partial charge on any atom is -0.456 e. The predicted octanol–water partition coefficient (Wildman–Crippen LogP) is 5.25. The summed E-state index contributed by atoms with van der Waals surface area (Å²) in [5, 5.41) is 4.06. The molecule has 0 aliphatic heterocycles. The van der Waals surface area contributed by atoms with Gasteiger partial charge in [-0.15, -0.1) is 0 Å². The van der Waals surface area contributed by atoms with Crippen molar-refractivity contribution in [2.45, 2.75) is 40.3 Å². The fourth-order valence-corrected chi connectivity index (χ4v) is 2.33. The first-order chi connectivity index (χ1) is 9.95. The van der Waals surface area contributed by atoms with Gasteiger partial charge < -0.3 is 10.1 Å². The largest absolute Gasteiger partial charge is 0.456 e. The van der Waals surface area contributed by atoms with Crippen LogP contribution in [0.25, 0.3) is 0 Å². The van der Waals surface area contributed by atoms with E-state index in [2.05, 4.69) is 32.2 Å². The third kappa shape index (κ3) is 4.48. The predicted molar refractivity (Wildman–Crippen MR) is 89.4 cm³/mol. The molecular formula is C18H22ClNO. The van der Waals surface area contributed by atoms with Gasteiger partial charge in [0.25, 0.3) is 0 Å². The van der Waals surface area contributed by atoms with Crippen molar-refractivity contribution in [3.05, 3.63) is 58.1 Å². The van der Waals surface area contributed by atoms with Crippen LogP contribution in [-0.4, -0.2) is 6.04 Å². The average Bonchev–Trinajstić information content (AvgIpc) is 2.41. The minimum atomic E-state index is 0.478. The fraction of sp³-hybridized carbons (Fsp3) is 0.333. The Kier molecular flexibility index (Phi) is 5.27. The molecule has 2 nitrogen and oxygen atoms in total. The monoisotopic (exact) mass is 303 g/mol. The lowest BCUT2D eigenvalue weighted by Crippen LogP contribution is -2.22. The van der Waals surface area contributed by atoms with E-state index in [-0.39, 0.29) is 0 Å². The van der Waals surface area contributed by atoms with Crippen LogP contribution >= 0.6 is 11.6 Å². The standard InChI is InChI=1S/C18H22ClNO/c1-12(2)20-11-15-6-7-16(10-14(15)4)21-18-8-5-13(3)9-17(18)19/h5-10,12,20H,11H2,1-4H3. The number of benzene rings is 2. The van der Waals surface area contributed by atoms with Crippen LogP contribution in [0, 0.1) is 13.8 Å². The second-order valence-corrected chi connectivity index (χ2v) is 6.07. The Morgan fingerprint density at radius 3 is 2.48 bits per heavy atom. The molecule has 0 atom stereocenters. The molecule has 0 saturated heterocycles. The van der Waals surface area contributed by atoms with E-state index in [9.17, 15) is 0 Å². The third-order valence-electron chi connectivity index (χ3n) is 3.33. The summed E-state index contributed by atoms with van der Waals surface area (Å²) in [6.45, 7) is 9.27. The van der Waals surface area contributed by atoms with Crippen molar-refractivity contribution >= 4 is 11.6 Å².